The number of fused-ring (bicyclic) bond motifs is 1. The van der Waals surface area contributed by atoms with Crippen LogP contribution >= 0.6 is 0 Å². The zero-order valence-electron chi connectivity index (χ0n) is 14.6. The molecule has 14 heteroatoms. The number of rotatable bonds is 4. The second kappa shape index (κ2) is 8.50. The molecule has 158 valence electrons. The third-order valence-electron chi connectivity index (χ3n) is 3.65. The number of nitro groups is 2. The predicted molar refractivity (Wildman–Crippen MR) is 103 cm³/mol. The van der Waals surface area contributed by atoms with Gasteiger partial charge in [-0.25, -0.2) is 0 Å². The first-order chi connectivity index (χ1) is 13.8. The zero-order valence-corrected chi connectivity index (χ0v) is 16.3. The molecule has 0 aliphatic carbocycles. The fourth-order valence-electron chi connectivity index (χ4n) is 2.30. The SMILES string of the molecule is O=S(=O)(O)c1ccc2ccc(S(=O)(=O)O)cc2c1.O=[N+]([O-])c1ccccc1[N+](=O)[O-]. The van der Waals surface area contributed by atoms with E-state index in [1.807, 2.05) is 0 Å². The molecule has 0 saturated heterocycles. The Morgan fingerprint density at radius 2 is 1.00 bits per heavy atom. The Bertz CT molecular complexity index is 1250. The molecule has 30 heavy (non-hydrogen) atoms. The molecule has 3 rings (SSSR count). The lowest BCUT2D eigenvalue weighted by atomic mass is 10.1. The third-order valence-corrected chi connectivity index (χ3v) is 5.35. The van der Waals surface area contributed by atoms with E-state index in [1.165, 1.54) is 36.4 Å². The van der Waals surface area contributed by atoms with Gasteiger partial charge in [0.1, 0.15) is 0 Å². The van der Waals surface area contributed by atoms with E-state index in [9.17, 15) is 37.1 Å². The maximum atomic E-state index is 10.9. The molecule has 0 fully saturated rings. The molecule has 0 atom stereocenters. The van der Waals surface area contributed by atoms with Gasteiger partial charge >= 0.3 is 11.4 Å². The van der Waals surface area contributed by atoms with Crippen molar-refractivity contribution in [3.05, 3.63) is 80.9 Å². The Morgan fingerprint density at radius 3 is 1.30 bits per heavy atom. The number of hydrogen-bond acceptors (Lipinski definition) is 8. The smallest absolute Gasteiger partial charge is 0.282 e. The summed E-state index contributed by atoms with van der Waals surface area (Å²) < 4.78 is 61.5. The van der Waals surface area contributed by atoms with Crippen molar-refractivity contribution >= 4 is 42.4 Å². The number of nitro benzene ring substituents is 2. The van der Waals surface area contributed by atoms with E-state index in [2.05, 4.69) is 0 Å². The van der Waals surface area contributed by atoms with Crippen molar-refractivity contribution in [3.8, 4) is 0 Å². The van der Waals surface area contributed by atoms with E-state index in [0.29, 0.717) is 5.39 Å². The van der Waals surface area contributed by atoms with Gasteiger partial charge in [-0.2, -0.15) is 16.8 Å². The Labute approximate surface area is 169 Å². The molecule has 0 bridgehead atoms. The highest BCUT2D eigenvalue weighted by Gasteiger charge is 2.21. The summed E-state index contributed by atoms with van der Waals surface area (Å²) in [5.74, 6) is 0. The van der Waals surface area contributed by atoms with Gasteiger partial charge in [-0.15, -0.1) is 0 Å². The van der Waals surface area contributed by atoms with Gasteiger partial charge < -0.3 is 0 Å². The summed E-state index contributed by atoms with van der Waals surface area (Å²) in [5.41, 5.74) is -0.968. The summed E-state index contributed by atoms with van der Waals surface area (Å²) in [5, 5.41) is 21.3. The average Bonchev–Trinajstić information content (AvgIpc) is 2.66. The highest BCUT2D eigenvalue weighted by Crippen LogP contribution is 2.25. The van der Waals surface area contributed by atoms with Crippen LogP contribution in [0.5, 0.6) is 0 Å². The van der Waals surface area contributed by atoms with Crippen LogP contribution in [0.3, 0.4) is 0 Å². The van der Waals surface area contributed by atoms with E-state index < -0.39 is 41.5 Å². The van der Waals surface area contributed by atoms with Gasteiger partial charge in [-0.3, -0.25) is 29.3 Å². The maximum absolute atomic E-state index is 10.9. The minimum Gasteiger partial charge on any atom is -0.282 e. The third kappa shape index (κ3) is 5.54. The van der Waals surface area contributed by atoms with Gasteiger partial charge in [0.2, 0.25) is 0 Å². The van der Waals surface area contributed by atoms with Crippen LogP contribution in [0.15, 0.2) is 70.5 Å². The van der Waals surface area contributed by atoms with Crippen LogP contribution in [0.2, 0.25) is 0 Å². The molecule has 0 radical (unpaired) electrons. The molecule has 0 spiro atoms. The quantitative estimate of drug-likeness (QED) is 0.334. The first-order valence-electron chi connectivity index (χ1n) is 7.67. The highest BCUT2D eigenvalue weighted by atomic mass is 32.2. The van der Waals surface area contributed by atoms with Gasteiger partial charge in [0.05, 0.1) is 19.6 Å². The Kier molecular flexibility index (Phi) is 6.47. The summed E-state index contributed by atoms with van der Waals surface area (Å²) in [7, 11) is -8.71. The molecule has 0 aliphatic rings. The van der Waals surface area contributed by atoms with E-state index >= 15 is 0 Å². The predicted octanol–water partition coefficient (Wildman–Crippen LogP) is 2.84. The molecule has 2 N–H and O–H groups in total. The van der Waals surface area contributed by atoms with Crippen molar-refractivity contribution in [1.29, 1.82) is 0 Å². The second-order valence-corrected chi connectivity index (χ2v) is 8.47. The summed E-state index contributed by atoms with van der Waals surface area (Å²) in [4.78, 5) is 18.2. The molecule has 3 aromatic rings. The summed E-state index contributed by atoms with van der Waals surface area (Å²) in [6.07, 6.45) is 0. The lowest BCUT2D eigenvalue weighted by Gasteiger charge is -2.03. The maximum Gasteiger partial charge on any atom is 0.346 e. The van der Waals surface area contributed by atoms with Crippen LogP contribution in [0.1, 0.15) is 0 Å². The van der Waals surface area contributed by atoms with Gasteiger partial charge in [0, 0.05) is 12.1 Å². The molecule has 12 nitrogen and oxygen atoms in total. The van der Waals surface area contributed by atoms with Crippen LogP contribution in [-0.4, -0.2) is 35.8 Å². The van der Waals surface area contributed by atoms with Gasteiger partial charge in [0.25, 0.3) is 20.2 Å². The summed E-state index contributed by atoms with van der Waals surface area (Å²) in [6.45, 7) is 0. The van der Waals surface area contributed by atoms with E-state index in [-0.39, 0.29) is 15.2 Å². The lowest BCUT2D eigenvalue weighted by Crippen LogP contribution is -1.99. The molecule has 0 amide bonds. The minimum absolute atomic E-state index is 0.278. The standard InChI is InChI=1S/C10H8O6S2.C6H4N2O4/c11-17(12,13)9-3-1-7-2-4-10(18(14,15)16)6-8(7)5-9;9-7(10)5-3-1-2-4-6(5)8(11)12/h1-6H,(H,11,12,13)(H,14,15,16);1-4H. The Hall–Kier alpha value is -3.46. The zero-order chi connectivity index (χ0) is 22.7. The van der Waals surface area contributed by atoms with Crippen LogP contribution in [0, 0.1) is 20.2 Å². The fraction of sp³-hybridized carbons (Fsp3) is 0. The largest absolute Gasteiger partial charge is 0.346 e. The molecule has 3 aromatic carbocycles. The van der Waals surface area contributed by atoms with Crippen molar-refractivity contribution < 1.29 is 35.8 Å². The van der Waals surface area contributed by atoms with Crippen LogP contribution in [0.4, 0.5) is 11.4 Å². The topological polar surface area (TPSA) is 195 Å². The first-order valence-corrected chi connectivity index (χ1v) is 10.6. The van der Waals surface area contributed by atoms with Crippen LogP contribution in [0.25, 0.3) is 10.8 Å². The molecule has 0 aliphatic heterocycles. The molecular weight excluding hydrogens is 444 g/mol. The van der Waals surface area contributed by atoms with Crippen molar-refractivity contribution in [2.75, 3.05) is 0 Å². The van der Waals surface area contributed by atoms with E-state index in [0.717, 1.165) is 24.3 Å². The first kappa shape index (κ1) is 22.8. The highest BCUT2D eigenvalue weighted by molar-refractivity contribution is 7.86. The molecular formula is C16H12N2O10S2. The summed E-state index contributed by atoms with van der Waals surface area (Å²) >= 11 is 0. The van der Waals surface area contributed by atoms with Crippen molar-refractivity contribution in [3.63, 3.8) is 0 Å². The van der Waals surface area contributed by atoms with Crippen molar-refractivity contribution in [2.24, 2.45) is 0 Å². The molecule has 0 heterocycles. The average molecular weight is 456 g/mol. The van der Waals surface area contributed by atoms with Crippen LogP contribution in [-0.2, 0) is 20.2 Å². The van der Waals surface area contributed by atoms with Gasteiger partial charge in [-0.1, -0.05) is 24.3 Å². The van der Waals surface area contributed by atoms with Crippen molar-refractivity contribution in [2.45, 2.75) is 9.79 Å². The Balaban J connectivity index is 0.000000232. The monoisotopic (exact) mass is 456 g/mol. The molecule has 0 aromatic heterocycles. The number of para-hydroxylation sites is 2. The molecule has 0 unspecified atom stereocenters. The Morgan fingerprint density at radius 1 is 0.633 bits per heavy atom. The van der Waals surface area contributed by atoms with Gasteiger partial charge in [0.15, 0.2) is 0 Å². The second-order valence-electron chi connectivity index (χ2n) is 5.62. The van der Waals surface area contributed by atoms with Gasteiger partial charge in [-0.05, 0) is 35.0 Å². The van der Waals surface area contributed by atoms with Crippen molar-refractivity contribution in [1.82, 2.24) is 0 Å². The lowest BCUT2D eigenvalue weighted by molar-refractivity contribution is -0.422. The number of hydrogen-bond donors (Lipinski definition) is 2. The normalized spacial score (nSPS) is 11.4. The molecule has 0 saturated carbocycles. The number of nitrogens with zero attached hydrogens (tertiary/aromatic N) is 2. The number of benzene rings is 3. The minimum atomic E-state index is -4.35. The summed E-state index contributed by atoms with van der Waals surface area (Å²) in [6, 6.07) is 12.4. The van der Waals surface area contributed by atoms with E-state index in [4.69, 9.17) is 9.11 Å². The fourth-order valence-corrected chi connectivity index (χ4v) is 3.33. The van der Waals surface area contributed by atoms with E-state index in [1.54, 1.807) is 0 Å². The van der Waals surface area contributed by atoms with Crippen LogP contribution < -0.4 is 0 Å².